The van der Waals surface area contributed by atoms with E-state index in [1.165, 1.54) is 0 Å². The Morgan fingerprint density at radius 1 is 1.23 bits per heavy atom. The molecular formula is C18H15Br2N3O3. The highest BCUT2D eigenvalue weighted by Gasteiger charge is 2.15. The maximum absolute atomic E-state index is 12.0. The van der Waals surface area contributed by atoms with E-state index in [4.69, 9.17) is 4.74 Å². The molecule has 0 atom stereocenters. The lowest BCUT2D eigenvalue weighted by Crippen LogP contribution is -2.08. The molecule has 26 heavy (non-hydrogen) atoms. The lowest BCUT2D eigenvalue weighted by Gasteiger charge is -2.05. The molecule has 1 aromatic heterocycles. The van der Waals surface area contributed by atoms with Crippen molar-refractivity contribution in [2.24, 2.45) is 10.2 Å². The van der Waals surface area contributed by atoms with Crippen molar-refractivity contribution in [1.82, 2.24) is 4.57 Å². The average Bonchev–Trinajstić information content (AvgIpc) is 2.90. The van der Waals surface area contributed by atoms with Gasteiger partial charge < -0.3 is 14.4 Å². The van der Waals surface area contributed by atoms with Gasteiger partial charge in [-0.2, -0.15) is 0 Å². The summed E-state index contributed by atoms with van der Waals surface area (Å²) in [5.74, 6) is -0.0310. The highest BCUT2D eigenvalue weighted by Crippen LogP contribution is 2.38. The van der Waals surface area contributed by atoms with E-state index in [1.807, 2.05) is 43.3 Å². The van der Waals surface area contributed by atoms with Crippen LogP contribution in [0.5, 0.6) is 11.6 Å². The molecule has 1 heterocycles. The molecule has 2 aromatic carbocycles. The smallest absolute Gasteiger partial charge is 0.302 e. The van der Waals surface area contributed by atoms with Crippen LogP contribution in [-0.2, 0) is 11.3 Å². The molecule has 1 N–H and O–H groups in total. The van der Waals surface area contributed by atoms with Gasteiger partial charge in [0.15, 0.2) is 12.3 Å². The number of hydrogen-bond donors (Lipinski definition) is 1. The summed E-state index contributed by atoms with van der Waals surface area (Å²) >= 11 is 6.71. The number of carbonyl (C=O) groups excluding carboxylic acids is 1. The van der Waals surface area contributed by atoms with Gasteiger partial charge in [-0.05, 0) is 47.1 Å². The number of azo groups is 1. The Kier molecular flexibility index (Phi) is 5.73. The van der Waals surface area contributed by atoms with Crippen molar-refractivity contribution in [1.29, 1.82) is 0 Å². The third-order valence-corrected chi connectivity index (χ3v) is 4.85. The highest BCUT2D eigenvalue weighted by molar-refractivity contribution is 9.11. The normalized spacial score (nSPS) is 11.3. The fourth-order valence-electron chi connectivity index (χ4n) is 2.56. The number of amides is 1. The van der Waals surface area contributed by atoms with Crippen molar-refractivity contribution in [2.75, 3.05) is 6.61 Å². The second-order valence-corrected chi connectivity index (χ2v) is 7.16. The van der Waals surface area contributed by atoms with Crippen molar-refractivity contribution < 1.29 is 14.6 Å². The largest absolute Gasteiger partial charge is 0.493 e. The number of hydrogen-bond acceptors (Lipinski definition) is 4. The fraction of sp³-hybridized carbons (Fsp3) is 0.167. The van der Waals surface area contributed by atoms with Crippen LogP contribution in [0.25, 0.3) is 10.9 Å². The van der Waals surface area contributed by atoms with E-state index < -0.39 is 5.91 Å². The molecule has 0 aliphatic rings. The summed E-state index contributed by atoms with van der Waals surface area (Å²) in [6.07, 6.45) is 0. The van der Waals surface area contributed by atoms with Gasteiger partial charge in [0, 0.05) is 16.4 Å². The third kappa shape index (κ3) is 3.81. The first-order valence-electron chi connectivity index (χ1n) is 7.84. The van der Waals surface area contributed by atoms with Crippen LogP contribution >= 0.6 is 31.9 Å². The van der Waals surface area contributed by atoms with E-state index in [9.17, 15) is 9.90 Å². The number of carbonyl (C=O) groups is 1. The highest BCUT2D eigenvalue weighted by atomic mass is 79.9. The number of ether oxygens (including phenoxy) is 1. The van der Waals surface area contributed by atoms with E-state index in [2.05, 4.69) is 42.1 Å². The predicted octanol–water partition coefficient (Wildman–Crippen LogP) is 5.58. The number of rotatable bonds is 5. The van der Waals surface area contributed by atoms with Gasteiger partial charge in [-0.3, -0.25) is 4.79 Å². The molecule has 8 heteroatoms. The van der Waals surface area contributed by atoms with Gasteiger partial charge in [-0.1, -0.05) is 34.1 Å². The quantitative estimate of drug-likeness (QED) is 0.484. The summed E-state index contributed by atoms with van der Waals surface area (Å²) in [5.41, 5.74) is 1.12. The maximum Gasteiger partial charge on any atom is 0.302 e. The lowest BCUT2D eigenvalue weighted by molar-refractivity contribution is -0.120. The molecular weight excluding hydrogens is 466 g/mol. The standard InChI is InChI=1S/C18H15Br2N3O3/c1-2-23-14-6-4-3-5-12(14)17(18(23)25)22-21-16(24)10-26-15-8-7-11(19)9-13(15)20/h3-9,25H,2,10H2,1H3. The summed E-state index contributed by atoms with van der Waals surface area (Å²) in [7, 11) is 0. The first-order chi connectivity index (χ1) is 12.5. The first-order valence-corrected chi connectivity index (χ1v) is 9.42. The molecule has 0 aliphatic carbocycles. The molecule has 0 bridgehead atoms. The maximum atomic E-state index is 12.0. The second kappa shape index (κ2) is 8.01. The fourth-order valence-corrected chi connectivity index (χ4v) is 3.72. The van der Waals surface area contributed by atoms with Crippen LogP contribution in [0, 0.1) is 0 Å². The monoisotopic (exact) mass is 479 g/mol. The second-order valence-electron chi connectivity index (χ2n) is 5.39. The van der Waals surface area contributed by atoms with Gasteiger partial charge in [-0.25, -0.2) is 0 Å². The Morgan fingerprint density at radius 3 is 2.73 bits per heavy atom. The molecule has 0 spiro atoms. The third-order valence-electron chi connectivity index (χ3n) is 3.74. The van der Waals surface area contributed by atoms with Crippen LogP contribution in [0.4, 0.5) is 5.69 Å². The minimum atomic E-state index is -0.549. The van der Waals surface area contributed by atoms with Gasteiger partial charge in [0.2, 0.25) is 5.88 Å². The number of aromatic hydroxyl groups is 1. The van der Waals surface area contributed by atoms with Crippen LogP contribution in [0.1, 0.15) is 6.92 Å². The SMILES string of the molecule is CCn1c(O)c(N=NC(=O)COc2ccc(Br)cc2Br)c2ccccc21. The van der Waals surface area contributed by atoms with Crippen LogP contribution in [-0.4, -0.2) is 22.2 Å². The zero-order chi connectivity index (χ0) is 18.7. The molecule has 3 aromatic rings. The van der Waals surface area contributed by atoms with E-state index in [0.29, 0.717) is 12.3 Å². The Balaban J connectivity index is 1.76. The van der Waals surface area contributed by atoms with Gasteiger partial charge in [0.05, 0.1) is 9.99 Å². The lowest BCUT2D eigenvalue weighted by atomic mass is 10.2. The van der Waals surface area contributed by atoms with Crippen LogP contribution in [0.3, 0.4) is 0 Å². The van der Waals surface area contributed by atoms with Crippen molar-refractivity contribution in [3.8, 4) is 11.6 Å². The summed E-state index contributed by atoms with van der Waals surface area (Å²) in [6, 6.07) is 12.8. The Morgan fingerprint density at radius 2 is 2.00 bits per heavy atom. The molecule has 0 saturated carbocycles. The first kappa shape index (κ1) is 18.6. The van der Waals surface area contributed by atoms with Gasteiger partial charge >= 0.3 is 5.91 Å². The van der Waals surface area contributed by atoms with Crippen LogP contribution in [0.15, 0.2) is 61.6 Å². The molecule has 0 fully saturated rings. The predicted molar refractivity (Wildman–Crippen MR) is 106 cm³/mol. The minimum absolute atomic E-state index is 0.0122. The van der Waals surface area contributed by atoms with Crippen LogP contribution in [0.2, 0.25) is 0 Å². The number of aryl methyl sites for hydroxylation is 1. The van der Waals surface area contributed by atoms with Crippen molar-refractivity contribution in [3.63, 3.8) is 0 Å². The van der Waals surface area contributed by atoms with Crippen molar-refractivity contribution in [3.05, 3.63) is 51.4 Å². The molecule has 6 nitrogen and oxygen atoms in total. The number of fused-ring (bicyclic) bond motifs is 1. The molecule has 1 amide bonds. The van der Waals surface area contributed by atoms with E-state index in [0.717, 1.165) is 19.8 Å². The number of benzene rings is 2. The van der Waals surface area contributed by atoms with Gasteiger partial charge in [-0.15, -0.1) is 10.2 Å². The Labute approximate surface area is 166 Å². The van der Waals surface area contributed by atoms with E-state index in [1.54, 1.807) is 10.6 Å². The van der Waals surface area contributed by atoms with Crippen molar-refractivity contribution >= 4 is 54.4 Å². The number of aromatic nitrogens is 1. The average molecular weight is 481 g/mol. The number of para-hydroxylation sites is 1. The Hall–Kier alpha value is -2.19. The zero-order valence-electron chi connectivity index (χ0n) is 13.8. The van der Waals surface area contributed by atoms with E-state index >= 15 is 0 Å². The van der Waals surface area contributed by atoms with Gasteiger partial charge in [0.25, 0.3) is 0 Å². The molecule has 134 valence electrons. The molecule has 0 saturated heterocycles. The molecule has 3 rings (SSSR count). The van der Waals surface area contributed by atoms with E-state index in [-0.39, 0.29) is 18.2 Å². The summed E-state index contributed by atoms with van der Waals surface area (Å²) in [4.78, 5) is 12.0. The summed E-state index contributed by atoms with van der Waals surface area (Å²) in [6.45, 7) is 2.25. The zero-order valence-corrected chi connectivity index (χ0v) is 17.0. The number of halogens is 2. The van der Waals surface area contributed by atoms with Crippen molar-refractivity contribution in [2.45, 2.75) is 13.5 Å². The topological polar surface area (TPSA) is 76.2 Å². The number of nitrogens with zero attached hydrogens (tertiary/aromatic N) is 3. The molecule has 0 radical (unpaired) electrons. The Bertz CT molecular complexity index is 999. The molecule has 0 aliphatic heterocycles. The minimum Gasteiger partial charge on any atom is -0.493 e. The summed E-state index contributed by atoms with van der Waals surface area (Å²) in [5, 5.41) is 18.7. The molecule has 0 unspecified atom stereocenters. The van der Waals surface area contributed by atoms with Crippen LogP contribution < -0.4 is 4.74 Å². The van der Waals surface area contributed by atoms with Gasteiger partial charge in [0.1, 0.15) is 5.75 Å². The summed E-state index contributed by atoms with van der Waals surface area (Å²) < 4.78 is 8.78.